The topological polar surface area (TPSA) is 123 Å². The molecule has 2 amide bonds. The molecule has 4 rings (SSSR count). The number of carboxylic acids is 1. The molecule has 6 unspecified atom stereocenters. The van der Waals surface area contributed by atoms with Gasteiger partial charge in [0.25, 0.3) is 0 Å². The van der Waals surface area contributed by atoms with Crippen LogP contribution in [0.4, 0.5) is 11.4 Å². The van der Waals surface area contributed by atoms with Crippen LogP contribution in [0.2, 0.25) is 0 Å². The van der Waals surface area contributed by atoms with E-state index >= 15 is 0 Å². The van der Waals surface area contributed by atoms with Gasteiger partial charge in [0.1, 0.15) is 19.0 Å². The van der Waals surface area contributed by atoms with Gasteiger partial charge in [-0.25, -0.2) is 4.79 Å². The second-order valence-electron chi connectivity index (χ2n) is 14.1. The van der Waals surface area contributed by atoms with Gasteiger partial charge in [0.05, 0.1) is 23.5 Å². The number of carboxylic acid groups (broad SMARTS) is 1. The zero-order valence-corrected chi connectivity index (χ0v) is 28.2. The van der Waals surface area contributed by atoms with Crippen LogP contribution >= 0.6 is 0 Å². The minimum atomic E-state index is -1.04. The van der Waals surface area contributed by atoms with E-state index in [1.54, 1.807) is 30.3 Å². The monoisotopic (exact) mass is 636 g/mol. The van der Waals surface area contributed by atoms with Gasteiger partial charge in [-0.05, 0) is 97.6 Å². The molecule has 9 heteroatoms. The predicted octanol–water partition coefficient (Wildman–Crippen LogP) is 8.01. The highest BCUT2D eigenvalue weighted by molar-refractivity contribution is 5.95. The second-order valence-corrected chi connectivity index (χ2v) is 14.1. The van der Waals surface area contributed by atoms with Crippen molar-refractivity contribution >= 4 is 29.2 Å². The Morgan fingerprint density at radius 3 is 1.78 bits per heavy atom. The Hall–Kier alpha value is -3.43. The number of aromatic carboxylic acids is 1. The minimum absolute atomic E-state index is 0.0328. The number of hydrogen-bond acceptors (Lipinski definition) is 6. The number of nitrogens with one attached hydrogen (secondary N) is 2. The SMILES string of the molecule is CC1CCC(C(C)C)C(OCC(=O)Nc2ccc(NC(=O)COC3CC(C)CCC3C(C)C)c(Oc3ccc(C(=O)O)cc3)c2)C1. The van der Waals surface area contributed by atoms with Crippen molar-refractivity contribution < 1.29 is 33.7 Å². The lowest BCUT2D eigenvalue weighted by atomic mass is 9.75. The Bertz CT molecular complexity index is 1330. The maximum absolute atomic E-state index is 13.1. The normalized spacial score (nSPS) is 24.9. The van der Waals surface area contributed by atoms with Crippen LogP contribution in [0.1, 0.15) is 90.4 Å². The number of rotatable bonds is 13. The van der Waals surface area contributed by atoms with Crippen molar-refractivity contribution in [3.63, 3.8) is 0 Å². The summed E-state index contributed by atoms with van der Waals surface area (Å²) in [5, 5.41) is 15.1. The van der Waals surface area contributed by atoms with Gasteiger partial charge in [0, 0.05) is 11.8 Å². The molecular weight excluding hydrogens is 584 g/mol. The van der Waals surface area contributed by atoms with E-state index in [9.17, 15) is 19.5 Å². The Kier molecular flexibility index (Phi) is 12.6. The third kappa shape index (κ3) is 10.0. The molecular formula is C37H52N2O7. The summed E-state index contributed by atoms with van der Waals surface area (Å²) in [6, 6.07) is 11.0. The number of carbonyl (C=O) groups is 3. The molecule has 2 aliphatic carbocycles. The average Bonchev–Trinajstić information content (AvgIpc) is 3.00. The van der Waals surface area contributed by atoms with Gasteiger partial charge in [-0.1, -0.05) is 54.4 Å². The molecule has 0 aliphatic heterocycles. The summed E-state index contributed by atoms with van der Waals surface area (Å²) >= 11 is 0. The number of benzene rings is 2. The Morgan fingerprint density at radius 2 is 1.28 bits per heavy atom. The van der Waals surface area contributed by atoms with Crippen molar-refractivity contribution in [2.24, 2.45) is 35.5 Å². The number of hydrogen-bond donors (Lipinski definition) is 3. The van der Waals surface area contributed by atoms with Gasteiger partial charge in [-0.2, -0.15) is 0 Å². The van der Waals surface area contributed by atoms with Crippen LogP contribution < -0.4 is 15.4 Å². The first-order valence-electron chi connectivity index (χ1n) is 16.9. The van der Waals surface area contributed by atoms with Crippen molar-refractivity contribution in [3.05, 3.63) is 48.0 Å². The third-order valence-electron chi connectivity index (χ3n) is 9.65. The van der Waals surface area contributed by atoms with E-state index in [2.05, 4.69) is 52.2 Å². The molecule has 252 valence electrons. The average molecular weight is 637 g/mol. The van der Waals surface area contributed by atoms with Crippen LogP contribution in [0.5, 0.6) is 11.5 Å². The van der Waals surface area contributed by atoms with Crippen molar-refractivity contribution in [2.45, 2.75) is 92.3 Å². The van der Waals surface area contributed by atoms with E-state index in [1.807, 2.05) is 0 Å². The molecule has 0 aromatic heterocycles. The van der Waals surface area contributed by atoms with Crippen molar-refractivity contribution in [1.82, 2.24) is 0 Å². The number of ether oxygens (including phenoxy) is 3. The Morgan fingerprint density at radius 1 is 0.761 bits per heavy atom. The summed E-state index contributed by atoms with van der Waals surface area (Å²) in [6.07, 6.45) is 6.54. The molecule has 0 bridgehead atoms. The molecule has 9 nitrogen and oxygen atoms in total. The fraction of sp³-hybridized carbons (Fsp3) is 0.595. The van der Waals surface area contributed by atoms with Gasteiger partial charge in [-0.15, -0.1) is 0 Å². The smallest absolute Gasteiger partial charge is 0.335 e. The fourth-order valence-electron chi connectivity index (χ4n) is 6.94. The van der Waals surface area contributed by atoms with Crippen LogP contribution in [0.25, 0.3) is 0 Å². The third-order valence-corrected chi connectivity index (χ3v) is 9.65. The molecule has 0 radical (unpaired) electrons. The van der Waals surface area contributed by atoms with E-state index in [0.29, 0.717) is 58.4 Å². The second kappa shape index (κ2) is 16.4. The minimum Gasteiger partial charge on any atom is -0.478 e. The van der Waals surface area contributed by atoms with Crippen LogP contribution in [0, 0.1) is 35.5 Å². The molecule has 3 N–H and O–H groups in total. The van der Waals surface area contributed by atoms with E-state index in [-0.39, 0.29) is 42.8 Å². The highest BCUT2D eigenvalue weighted by Crippen LogP contribution is 2.37. The standard InChI is InChI=1S/C37H52N2O7/c1-22(2)29-14-7-24(5)17-32(29)44-20-35(40)38-27-11-16-31(34(19-27)46-28-12-9-26(10-13-28)37(42)43)39-36(41)21-45-33-18-25(6)8-15-30(33)23(3)4/h9-13,16,19,22-25,29-30,32-33H,7-8,14-15,17-18,20-21H2,1-6H3,(H,38,40)(H,39,41)(H,42,43). The zero-order chi connectivity index (χ0) is 33.4. The lowest BCUT2D eigenvalue weighted by Gasteiger charge is -2.37. The fourth-order valence-corrected chi connectivity index (χ4v) is 6.94. The van der Waals surface area contributed by atoms with Crippen molar-refractivity contribution in [2.75, 3.05) is 23.8 Å². The van der Waals surface area contributed by atoms with E-state index < -0.39 is 5.97 Å². The molecule has 0 spiro atoms. The van der Waals surface area contributed by atoms with Crippen LogP contribution in [0.3, 0.4) is 0 Å². The molecule has 2 aromatic carbocycles. The van der Waals surface area contributed by atoms with Crippen molar-refractivity contribution in [3.8, 4) is 11.5 Å². The maximum Gasteiger partial charge on any atom is 0.335 e. The first-order chi connectivity index (χ1) is 21.9. The van der Waals surface area contributed by atoms with Crippen molar-refractivity contribution in [1.29, 1.82) is 0 Å². The van der Waals surface area contributed by atoms with Gasteiger partial charge < -0.3 is 30.0 Å². The Labute approximate surface area is 273 Å². The van der Waals surface area contributed by atoms with E-state index in [4.69, 9.17) is 14.2 Å². The summed E-state index contributed by atoms with van der Waals surface area (Å²) in [6.45, 7) is 13.1. The lowest BCUT2D eigenvalue weighted by molar-refractivity contribution is -0.126. The Balaban J connectivity index is 1.44. The maximum atomic E-state index is 13.1. The van der Waals surface area contributed by atoms with Gasteiger partial charge in [0.2, 0.25) is 11.8 Å². The highest BCUT2D eigenvalue weighted by atomic mass is 16.5. The molecule has 46 heavy (non-hydrogen) atoms. The van der Waals surface area contributed by atoms with Gasteiger partial charge >= 0.3 is 5.97 Å². The highest BCUT2D eigenvalue weighted by Gasteiger charge is 2.33. The van der Waals surface area contributed by atoms with E-state index in [0.717, 1.165) is 25.7 Å². The predicted molar refractivity (Wildman–Crippen MR) is 179 cm³/mol. The largest absolute Gasteiger partial charge is 0.478 e. The molecule has 0 saturated heterocycles. The molecule has 0 heterocycles. The zero-order valence-electron chi connectivity index (χ0n) is 28.2. The molecule has 2 aromatic rings. The number of anilines is 2. The summed E-state index contributed by atoms with van der Waals surface area (Å²) in [4.78, 5) is 37.4. The molecule has 6 atom stereocenters. The summed E-state index contributed by atoms with van der Waals surface area (Å²) in [5.41, 5.74) is 1.01. The van der Waals surface area contributed by atoms with E-state index in [1.165, 1.54) is 25.0 Å². The molecule has 2 aliphatic rings. The quantitative estimate of drug-likeness (QED) is 0.204. The molecule has 2 fully saturated rings. The van der Waals surface area contributed by atoms with Gasteiger partial charge in [0.15, 0.2) is 5.75 Å². The van der Waals surface area contributed by atoms with Gasteiger partial charge in [-0.3, -0.25) is 9.59 Å². The molecule has 2 saturated carbocycles. The summed E-state index contributed by atoms with van der Waals surface area (Å²) < 4.78 is 18.4. The number of carbonyl (C=O) groups excluding carboxylic acids is 2. The van der Waals surface area contributed by atoms with Crippen LogP contribution in [0.15, 0.2) is 42.5 Å². The lowest BCUT2D eigenvalue weighted by Crippen LogP contribution is -2.36. The summed E-state index contributed by atoms with van der Waals surface area (Å²) in [7, 11) is 0. The summed E-state index contributed by atoms with van der Waals surface area (Å²) in [5.74, 6) is 2.00. The number of amides is 2. The van der Waals surface area contributed by atoms with Crippen LogP contribution in [-0.2, 0) is 19.1 Å². The first kappa shape index (κ1) is 35.4. The first-order valence-corrected chi connectivity index (χ1v) is 16.9. The van der Waals surface area contributed by atoms with Crippen LogP contribution in [-0.4, -0.2) is 48.3 Å².